The molecule has 0 fully saturated rings. The van der Waals surface area contributed by atoms with E-state index < -0.39 is 0 Å². The monoisotopic (exact) mass is 357 g/mol. The van der Waals surface area contributed by atoms with Gasteiger partial charge in [-0.05, 0) is 42.7 Å². The third-order valence-corrected chi connectivity index (χ3v) is 3.64. The summed E-state index contributed by atoms with van der Waals surface area (Å²) in [5, 5.41) is 8.96. The number of halogens is 1. The van der Waals surface area contributed by atoms with E-state index in [1.807, 2.05) is 19.1 Å². The molecule has 2 aromatic rings. The minimum atomic E-state index is -0.237. The van der Waals surface area contributed by atoms with Gasteiger partial charge in [-0.15, -0.1) is 0 Å². The fourth-order valence-electron chi connectivity index (χ4n) is 2.28. The molecule has 0 bridgehead atoms. The quantitative estimate of drug-likeness (QED) is 0.525. The van der Waals surface area contributed by atoms with E-state index in [2.05, 4.69) is 25.9 Å². The normalized spacial score (nSPS) is 11.1. The summed E-state index contributed by atoms with van der Waals surface area (Å²) in [5.41, 5.74) is 1.95. The van der Waals surface area contributed by atoms with Gasteiger partial charge in [0.1, 0.15) is 11.6 Å². The van der Waals surface area contributed by atoms with Gasteiger partial charge in [-0.3, -0.25) is 9.79 Å². The Hall–Kier alpha value is -2.96. The van der Waals surface area contributed by atoms with Crippen LogP contribution >= 0.6 is 0 Å². The number of nitrogens with one attached hydrogen (secondary N) is 3. The maximum atomic E-state index is 13.1. The summed E-state index contributed by atoms with van der Waals surface area (Å²) in [5.74, 6) is 0.781. The lowest BCUT2D eigenvalue weighted by molar-refractivity contribution is -0.116. The van der Waals surface area contributed by atoms with Crippen LogP contribution in [0.2, 0.25) is 0 Å². The van der Waals surface area contributed by atoms with Crippen LogP contribution in [0.4, 0.5) is 10.2 Å². The number of benzene rings is 1. The van der Waals surface area contributed by atoms with E-state index in [1.54, 1.807) is 25.4 Å². The summed E-state index contributed by atoms with van der Waals surface area (Å²) < 4.78 is 13.1. The Morgan fingerprint density at radius 3 is 2.69 bits per heavy atom. The van der Waals surface area contributed by atoms with Gasteiger partial charge in [-0.2, -0.15) is 0 Å². The summed E-state index contributed by atoms with van der Waals surface area (Å²) in [7, 11) is 1.66. The first kappa shape index (κ1) is 19.4. The van der Waals surface area contributed by atoms with Crippen molar-refractivity contribution in [3.05, 3.63) is 59.5 Å². The van der Waals surface area contributed by atoms with E-state index >= 15 is 0 Å². The molecule has 0 spiro atoms. The summed E-state index contributed by atoms with van der Waals surface area (Å²) in [6.07, 6.45) is 2.68. The fraction of sp³-hybridized carbons (Fsp3) is 0.316. The zero-order valence-corrected chi connectivity index (χ0v) is 15.1. The number of nitrogens with zero attached hydrogens (tertiary/aromatic N) is 2. The molecule has 0 saturated heterocycles. The summed E-state index contributed by atoms with van der Waals surface area (Å²) in [4.78, 5) is 20.2. The van der Waals surface area contributed by atoms with E-state index in [1.165, 1.54) is 12.1 Å². The van der Waals surface area contributed by atoms with Crippen LogP contribution in [-0.4, -0.2) is 37.0 Å². The van der Waals surface area contributed by atoms with E-state index in [0.717, 1.165) is 11.1 Å². The van der Waals surface area contributed by atoms with Gasteiger partial charge in [0.05, 0.1) is 0 Å². The molecule has 0 aliphatic heterocycles. The highest BCUT2D eigenvalue weighted by molar-refractivity contribution is 5.90. The van der Waals surface area contributed by atoms with Gasteiger partial charge in [0, 0.05) is 32.8 Å². The number of pyridine rings is 1. The molecule has 6 nitrogen and oxygen atoms in total. The molecule has 7 heteroatoms. The Kier molecular flexibility index (Phi) is 7.54. The second kappa shape index (κ2) is 10.1. The van der Waals surface area contributed by atoms with Crippen LogP contribution < -0.4 is 16.0 Å². The fourth-order valence-corrected chi connectivity index (χ4v) is 2.28. The van der Waals surface area contributed by atoms with E-state index in [-0.39, 0.29) is 11.7 Å². The maximum absolute atomic E-state index is 13.1. The van der Waals surface area contributed by atoms with Crippen LogP contribution in [0.3, 0.4) is 0 Å². The zero-order valence-electron chi connectivity index (χ0n) is 15.1. The first-order valence-electron chi connectivity index (χ1n) is 8.48. The average Bonchev–Trinajstić information content (AvgIpc) is 2.62. The zero-order chi connectivity index (χ0) is 18.8. The highest BCUT2D eigenvalue weighted by Crippen LogP contribution is 2.04. The Labute approximate surface area is 152 Å². The van der Waals surface area contributed by atoms with Crippen LogP contribution in [0.25, 0.3) is 0 Å². The van der Waals surface area contributed by atoms with E-state index in [4.69, 9.17) is 0 Å². The lowest BCUT2D eigenvalue weighted by Crippen LogP contribution is -2.39. The summed E-state index contributed by atoms with van der Waals surface area (Å²) in [6, 6.07) is 10.2. The van der Waals surface area contributed by atoms with Crippen LogP contribution in [0.15, 0.2) is 47.6 Å². The average molecular weight is 357 g/mol. The number of anilines is 1. The molecule has 1 aromatic carbocycles. The third-order valence-electron chi connectivity index (χ3n) is 3.64. The van der Waals surface area contributed by atoms with Crippen molar-refractivity contribution in [1.29, 1.82) is 0 Å². The molecule has 0 saturated carbocycles. The van der Waals surface area contributed by atoms with Crippen LogP contribution in [-0.2, 0) is 11.2 Å². The molecular formula is C19H24FN5O. The van der Waals surface area contributed by atoms with Crippen molar-refractivity contribution in [2.45, 2.75) is 19.8 Å². The Balaban J connectivity index is 1.66. The number of aromatic nitrogens is 1. The number of hydrogen-bond acceptors (Lipinski definition) is 3. The predicted molar refractivity (Wildman–Crippen MR) is 102 cm³/mol. The molecule has 0 atom stereocenters. The first-order chi connectivity index (χ1) is 12.6. The van der Waals surface area contributed by atoms with Crippen LogP contribution in [0.1, 0.15) is 17.5 Å². The second-order valence-electron chi connectivity index (χ2n) is 5.82. The Morgan fingerprint density at radius 2 is 2.00 bits per heavy atom. The van der Waals surface area contributed by atoms with Gasteiger partial charge in [0.25, 0.3) is 0 Å². The number of amides is 1. The van der Waals surface area contributed by atoms with Gasteiger partial charge >= 0.3 is 0 Å². The summed E-state index contributed by atoms with van der Waals surface area (Å²) >= 11 is 0. The molecule has 138 valence electrons. The van der Waals surface area contributed by atoms with Gasteiger partial charge < -0.3 is 16.0 Å². The van der Waals surface area contributed by atoms with Gasteiger partial charge in [-0.1, -0.05) is 18.2 Å². The minimum absolute atomic E-state index is 0.121. The van der Waals surface area contributed by atoms with Crippen molar-refractivity contribution in [2.24, 2.45) is 4.99 Å². The topological polar surface area (TPSA) is 78.4 Å². The SMILES string of the molecule is CN=C(NCCC(=O)Nc1ccc(C)cn1)NCCc1cccc(F)c1. The molecule has 1 amide bonds. The number of carbonyl (C=O) groups excluding carboxylic acids is 1. The van der Waals surface area contributed by atoms with Gasteiger partial charge in [0.2, 0.25) is 5.91 Å². The summed E-state index contributed by atoms with van der Waals surface area (Å²) in [6.45, 7) is 3.00. The van der Waals surface area contributed by atoms with Crippen molar-refractivity contribution in [2.75, 3.05) is 25.5 Å². The highest BCUT2D eigenvalue weighted by atomic mass is 19.1. The van der Waals surface area contributed by atoms with Crippen LogP contribution in [0.5, 0.6) is 0 Å². The first-order valence-corrected chi connectivity index (χ1v) is 8.48. The smallest absolute Gasteiger partial charge is 0.227 e. The molecule has 26 heavy (non-hydrogen) atoms. The molecule has 0 aliphatic carbocycles. The van der Waals surface area contributed by atoms with Crippen molar-refractivity contribution >= 4 is 17.7 Å². The number of rotatable bonds is 7. The van der Waals surface area contributed by atoms with Gasteiger partial charge in [-0.25, -0.2) is 9.37 Å². The molecule has 3 N–H and O–H groups in total. The Bertz CT molecular complexity index is 746. The van der Waals surface area contributed by atoms with Crippen LogP contribution in [0, 0.1) is 12.7 Å². The molecule has 0 aliphatic rings. The predicted octanol–water partition coefficient (Wildman–Crippen LogP) is 2.27. The number of aliphatic imine (C=N–C) groups is 1. The van der Waals surface area contributed by atoms with Crippen molar-refractivity contribution in [3.8, 4) is 0 Å². The van der Waals surface area contributed by atoms with Crippen molar-refractivity contribution < 1.29 is 9.18 Å². The molecule has 1 aromatic heterocycles. The number of carbonyl (C=O) groups is 1. The molecular weight excluding hydrogens is 333 g/mol. The van der Waals surface area contributed by atoms with Crippen molar-refractivity contribution in [3.63, 3.8) is 0 Å². The lowest BCUT2D eigenvalue weighted by atomic mass is 10.1. The molecule has 0 unspecified atom stereocenters. The number of aryl methyl sites for hydroxylation is 1. The largest absolute Gasteiger partial charge is 0.356 e. The number of guanidine groups is 1. The van der Waals surface area contributed by atoms with Crippen molar-refractivity contribution in [1.82, 2.24) is 15.6 Å². The lowest BCUT2D eigenvalue weighted by Gasteiger charge is -2.12. The van der Waals surface area contributed by atoms with Gasteiger partial charge in [0.15, 0.2) is 5.96 Å². The maximum Gasteiger partial charge on any atom is 0.227 e. The van der Waals surface area contributed by atoms with E-state index in [0.29, 0.717) is 37.7 Å². The third kappa shape index (κ3) is 6.88. The molecule has 0 radical (unpaired) electrons. The molecule has 1 heterocycles. The molecule has 2 rings (SSSR count). The minimum Gasteiger partial charge on any atom is -0.356 e. The Morgan fingerprint density at radius 1 is 1.19 bits per heavy atom. The standard InChI is InChI=1S/C19H24FN5O/c1-14-6-7-17(24-13-14)25-18(26)9-11-23-19(21-2)22-10-8-15-4-3-5-16(20)12-15/h3-7,12-13H,8-11H2,1-2H3,(H2,21,22,23)(H,24,25,26). The highest BCUT2D eigenvalue weighted by Gasteiger charge is 2.04. The van der Waals surface area contributed by atoms with E-state index in [9.17, 15) is 9.18 Å². The second-order valence-corrected chi connectivity index (χ2v) is 5.82. The number of hydrogen-bond donors (Lipinski definition) is 3.